The summed E-state index contributed by atoms with van der Waals surface area (Å²) in [5.41, 5.74) is 1.58. The van der Waals surface area contributed by atoms with Crippen molar-refractivity contribution in [2.75, 3.05) is 7.11 Å². The molecule has 0 aliphatic rings. The number of halogens is 1. The number of methoxy groups -OCH3 is 1. The lowest BCUT2D eigenvalue weighted by molar-refractivity contribution is 0.0586. The lowest BCUT2D eigenvalue weighted by Gasteiger charge is -2.05. The number of carbonyl (C=O) groups excluding carboxylic acids is 1. The number of esters is 1. The molecule has 14 heavy (non-hydrogen) atoms. The molecule has 0 radical (unpaired) electrons. The van der Waals surface area contributed by atoms with Crippen LogP contribution in [0.15, 0.2) is 0 Å². The molecule has 0 bridgehead atoms. The van der Waals surface area contributed by atoms with Crippen LogP contribution in [0.5, 0.6) is 0 Å². The Hall–Kier alpha value is -1.16. The first kappa shape index (κ1) is 10.9. The molecule has 0 saturated carbocycles. The number of ether oxygens (including phenoxy) is 1. The predicted octanol–water partition coefficient (Wildman–Crippen LogP) is 1.79. The van der Waals surface area contributed by atoms with Crippen LogP contribution in [0.4, 0.5) is 0 Å². The molecule has 1 aromatic heterocycles. The molecule has 0 aliphatic carbocycles. The molecule has 0 N–H and O–H groups in total. The second-order valence-corrected chi connectivity index (χ2v) is 3.11. The van der Waals surface area contributed by atoms with Crippen molar-refractivity contribution in [3.8, 4) is 0 Å². The first-order chi connectivity index (χ1) is 6.60. The summed E-state index contributed by atoms with van der Waals surface area (Å²) in [5.74, 6) is -0.565. The van der Waals surface area contributed by atoms with Crippen LogP contribution in [-0.2, 0) is 11.2 Å². The molecule has 5 heteroatoms. The van der Waals surface area contributed by atoms with Gasteiger partial charge in [0.1, 0.15) is 5.15 Å². The molecule has 76 valence electrons. The van der Waals surface area contributed by atoms with E-state index in [4.69, 9.17) is 11.6 Å². The zero-order chi connectivity index (χ0) is 10.7. The molecular weight excluding hydrogens is 204 g/mol. The van der Waals surface area contributed by atoms with Gasteiger partial charge in [0.05, 0.1) is 7.11 Å². The van der Waals surface area contributed by atoms with E-state index in [9.17, 15) is 4.79 Å². The molecule has 1 rings (SSSR count). The zero-order valence-corrected chi connectivity index (χ0v) is 9.05. The third kappa shape index (κ3) is 2.01. The van der Waals surface area contributed by atoms with E-state index in [1.54, 1.807) is 6.92 Å². The van der Waals surface area contributed by atoms with Gasteiger partial charge < -0.3 is 4.74 Å². The Labute approximate surface area is 87.3 Å². The van der Waals surface area contributed by atoms with Gasteiger partial charge in [0.2, 0.25) is 5.82 Å². The summed E-state index contributed by atoms with van der Waals surface area (Å²) in [4.78, 5) is 19.0. The Balaban J connectivity index is 3.20. The fraction of sp³-hybridized carbons (Fsp3) is 0.444. The smallest absolute Gasteiger partial charge is 0.376 e. The van der Waals surface area contributed by atoms with Gasteiger partial charge >= 0.3 is 5.97 Å². The summed E-state index contributed by atoms with van der Waals surface area (Å²) in [6, 6.07) is 0. The minimum atomic E-state index is -0.572. The van der Waals surface area contributed by atoms with Gasteiger partial charge in [-0.2, -0.15) is 0 Å². The number of aromatic nitrogens is 2. The Morgan fingerprint density at radius 2 is 2.14 bits per heavy atom. The summed E-state index contributed by atoms with van der Waals surface area (Å²) < 4.78 is 4.50. The van der Waals surface area contributed by atoms with Crippen molar-refractivity contribution >= 4 is 17.6 Å². The van der Waals surface area contributed by atoms with Crippen molar-refractivity contribution in [3.63, 3.8) is 0 Å². The monoisotopic (exact) mass is 214 g/mol. The van der Waals surface area contributed by atoms with Crippen LogP contribution in [0.2, 0.25) is 5.15 Å². The summed E-state index contributed by atoms with van der Waals surface area (Å²) >= 11 is 5.88. The lowest BCUT2D eigenvalue weighted by Crippen LogP contribution is -2.10. The van der Waals surface area contributed by atoms with Gasteiger partial charge in [0, 0.05) is 11.3 Å². The number of hydrogen-bond donors (Lipinski definition) is 0. The molecule has 1 heterocycles. The number of carbonyl (C=O) groups is 1. The van der Waals surface area contributed by atoms with Crippen LogP contribution in [0, 0.1) is 6.92 Å². The Morgan fingerprint density at radius 1 is 1.50 bits per heavy atom. The number of aryl methyl sites for hydroxylation is 1. The van der Waals surface area contributed by atoms with E-state index in [2.05, 4.69) is 14.7 Å². The molecule has 0 spiro atoms. The number of nitrogens with zero attached hydrogens (tertiary/aromatic N) is 2. The van der Waals surface area contributed by atoms with Gasteiger partial charge in [-0.05, 0) is 13.3 Å². The number of hydrogen-bond acceptors (Lipinski definition) is 4. The molecule has 0 fully saturated rings. The largest absolute Gasteiger partial charge is 0.463 e. The Bertz CT molecular complexity index is 343. The van der Waals surface area contributed by atoms with Crippen molar-refractivity contribution in [2.24, 2.45) is 0 Å². The fourth-order valence-corrected chi connectivity index (χ4v) is 1.50. The van der Waals surface area contributed by atoms with Crippen molar-refractivity contribution < 1.29 is 9.53 Å². The van der Waals surface area contributed by atoms with E-state index in [0.29, 0.717) is 10.8 Å². The highest BCUT2D eigenvalue weighted by atomic mass is 35.5. The highest BCUT2D eigenvalue weighted by Crippen LogP contribution is 2.16. The summed E-state index contributed by atoms with van der Waals surface area (Å²) in [5, 5.41) is 0.320. The SMILES string of the molecule is CCc1c(C)nc(C(=O)OC)nc1Cl. The first-order valence-electron chi connectivity index (χ1n) is 4.21. The van der Waals surface area contributed by atoms with Gasteiger partial charge in [0.15, 0.2) is 0 Å². The maximum atomic E-state index is 11.1. The maximum Gasteiger partial charge on any atom is 0.376 e. The quantitative estimate of drug-likeness (QED) is 0.556. The standard InChI is InChI=1S/C9H11ClN2O2/c1-4-6-5(2)11-8(9(13)14-3)12-7(6)10/h4H2,1-3H3. The number of rotatable bonds is 2. The predicted molar refractivity (Wildman–Crippen MR) is 52.5 cm³/mol. The Kier molecular flexibility index (Phi) is 3.41. The van der Waals surface area contributed by atoms with Gasteiger partial charge in [-0.3, -0.25) is 0 Å². The van der Waals surface area contributed by atoms with E-state index in [0.717, 1.165) is 12.0 Å². The second kappa shape index (κ2) is 4.37. The van der Waals surface area contributed by atoms with Crippen LogP contribution >= 0.6 is 11.6 Å². The molecule has 4 nitrogen and oxygen atoms in total. The third-order valence-corrected chi connectivity index (χ3v) is 2.20. The summed E-state index contributed by atoms with van der Waals surface area (Å²) in [6.07, 6.45) is 0.742. The van der Waals surface area contributed by atoms with Crippen molar-refractivity contribution in [1.82, 2.24) is 9.97 Å². The van der Waals surface area contributed by atoms with Crippen LogP contribution in [0.1, 0.15) is 28.8 Å². The minimum Gasteiger partial charge on any atom is -0.463 e. The molecule has 0 aromatic carbocycles. The van der Waals surface area contributed by atoms with E-state index in [-0.39, 0.29) is 5.82 Å². The van der Waals surface area contributed by atoms with Gasteiger partial charge in [-0.15, -0.1) is 0 Å². The molecule has 1 aromatic rings. The average molecular weight is 215 g/mol. The molecular formula is C9H11ClN2O2. The van der Waals surface area contributed by atoms with Crippen molar-refractivity contribution in [3.05, 3.63) is 22.2 Å². The van der Waals surface area contributed by atoms with Gasteiger partial charge in [-0.25, -0.2) is 14.8 Å². The van der Waals surface area contributed by atoms with Gasteiger partial charge in [-0.1, -0.05) is 18.5 Å². The molecule has 0 aliphatic heterocycles. The summed E-state index contributed by atoms with van der Waals surface area (Å²) in [7, 11) is 1.28. The van der Waals surface area contributed by atoms with Crippen LogP contribution in [0.3, 0.4) is 0 Å². The van der Waals surface area contributed by atoms with E-state index in [1.807, 2.05) is 6.92 Å². The summed E-state index contributed by atoms with van der Waals surface area (Å²) in [6.45, 7) is 3.74. The topological polar surface area (TPSA) is 52.1 Å². The van der Waals surface area contributed by atoms with Crippen molar-refractivity contribution in [2.45, 2.75) is 20.3 Å². The highest BCUT2D eigenvalue weighted by Gasteiger charge is 2.14. The van der Waals surface area contributed by atoms with E-state index in [1.165, 1.54) is 7.11 Å². The highest BCUT2D eigenvalue weighted by molar-refractivity contribution is 6.30. The minimum absolute atomic E-state index is 0.00667. The Morgan fingerprint density at radius 3 is 2.57 bits per heavy atom. The molecule has 0 saturated heterocycles. The van der Waals surface area contributed by atoms with Gasteiger partial charge in [0.25, 0.3) is 0 Å². The zero-order valence-electron chi connectivity index (χ0n) is 8.30. The molecule has 0 atom stereocenters. The first-order valence-corrected chi connectivity index (χ1v) is 4.59. The lowest BCUT2D eigenvalue weighted by atomic mass is 10.2. The van der Waals surface area contributed by atoms with E-state index >= 15 is 0 Å². The second-order valence-electron chi connectivity index (χ2n) is 2.75. The van der Waals surface area contributed by atoms with Crippen LogP contribution < -0.4 is 0 Å². The molecule has 0 unspecified atom stereocenters. The normalized spacial score (nSPS) is 10.0. The van der Waals surface area contributed by atoms with Crippen molar-refractivity contribution in [1.29, 1.82) is 0 Å². The van der Waals surface area contributed by atoms with E-state index < -0.39 is 5.97 Å². The fourth-order valence-electron chi connectivity index (χ4n) is 1.15. The average Bonchev–Trinajstić information content (AvgIpc) is 2.16. The van der Waals surface area contributed by atoms with Crippen LogP contribution in [-0.4, -0.2) is 23.0 Å². The maximum absolute atomic E-state index is 11.1. The molecule has 0 amide bonds. The van der Waals surface area contributed by atoms with Crippen LogP contribution in [0.25, 0.3) is 0 Å². The third-order valence-electron chi connectivity index (χ3n) is 1.88.